The highest BCUT2D eigenvalue weighted by atomic mass is 32.2. The lowest BCUT2D eigenvalue weighted by Crippen LogP contribution is -2.33. The third-order valence-corrected chi connectivity index (χ3v) is 5.61. The van der Waals surface area contributed by atoms with Gasteiger partial charge >= 0.3 is 0 Å². The largest absolute Gasteiger partial charge is 0.355 e. The van der Waals surface area contributed by atoms with Gasteiger partial charge in [-0.25, -0.2) is 4.39 Å². The van der Waals surface area contributed by atoms with Crippen LogP contribution in [0, 0.1) is 5.82 Å². The van der Waals surface area contributed by atoms with E-state index in [4.69, 9.17) is 0 Å². The summed E-state index contributed by atoms with van der Waals surface area (Å²) in [6.45, 7) is 4.96. The van der Waals surface area contributed by atoms with E-state index in [0.717, 1.165) is 24.0 Å². The zero-order valence-corrected chi connectivity index (χ0v) is 15.5. The summed E-state index contributed by atoms with van der Waals surface area (Å²) in [5, 5.41) is 3.61. The molecule has 1 N–H and O–H groups in total. The SMILES string of the molecule is CC(C)Sc1ccc(CC(=O)NCC2(c3ccc(F)cc3)CC2)cc1. The van der Waals surface area contributed by atoms with Gasteiger partial charge in [0, 0.05) is 22.1 Å². The summed E-state index contributed by atoms with van der Waals surface area (Å²) in [5.74, 6) is -0.180. The van der Waals surface area contributed by atoms with E-state index in [-0.39, 0.29) is 17.1 Å². The van der Waals surface area contributed by atoms with Crippen molar-refractivity contribution >= 4 is 17.7 Å². The van der Waals surface area contributed by atoms with Crippen LogP contribution >= 0.6 is 11.8 Å². The van der Waals surface area contributed by atoms with Crippen molar-refractivity contribution in [1.82, 2.24) is 5.32 Å². The van der Waals surface area contributed by atoms with Gasteiger partial charge in [-0.15, -0.1) is 11.8 Å². The predicted molar refractivity (Wildman–Crippen MR) is 101 cm³/mol. The van der Waals surface area contributed by atoms with Crippen LogP contribution in [0.2, 0.25) is 0 Å². The topological polar surface area (TPSA) is 29.1 Å². The summed E-state index contributed by atoms with van der Waals surface area (Å²) in [6, 6.07) is 14.9. The Balaban J connectivity index is 1.52. The number of hydrogen-bond acceptors (Lipinski definition) is 2. The van der Waals surface area contributed by atoms with Crippen molar-refractivity contribution < 1.29 is 9.18 Å². The molecule has 0 spiro atoms. The van der Waals surface area contributed by atoms with E-state index in [1.165, 1.54) is 17.0 Å². The minimum atomic E-state index is -0.220. The molecule has 1 amide bonds. The average molecular weight is 357 g/mol. The van der Waals surface area contributed by atoms with Gasteiger partial charge in [-0.1, -0.05) is 38.1 Å². The zero-order valence-electron chi connectivity index (χ0n) is 14.7. The van der Waals surface area contributed by atoms with E-state index in [9.17, 15) is 9.18 Å². The summed E-state index contributed by atoms with van der Waals surface area (Å²) < 4.78 is 13.1. The second-order valence-electron chi connectivity index (χ2n) is 7.05. The molecule has 0 atom stereocenters. The summed E-state index contributed by atoms with van der Waals surface area (Å²) >= 11 is 1.82. The first-order valence-electron chi connectivity index (χ1n) is 8.75. The molecule has 25 heavy (non-hydrogen) atoms. The summed E-state index contributed by atoms with van der Waals surface area (Å²) in [6.07, 6.45) is 2.48. The molecule has 0 saturated heterocycles. The highest BCUT2D eigenvalue weighted by molar-refractivity contribution is 7.99. The Bertz CT molecular complexity index is 721. The summed E-state index contributed by atoms with van der Waals surface area (Å²) in [4.78, 5) is 13.5. The minimum Gasteiger partial charge on any atom is -0.355 e. The maximum atomic E-state index is 13.1. The molecule has 3 rings (SSSR count). The van der Waals surface area contributed by atoms with Crippen LogP contribution in [-0.2, 0) is 16.6 Å². The first-order valence-corrected chi connectivity index (χ1v) is 9.63. The quantitative estimate of drug-likeness (QED) is 0.727. The number of hydrogen-bond donors (Lipinski definition) is 1. The normalized spacial score (nSPS) is 15.2. The Kier molecular flexibility index (Phi) is 5.48. The Morgan fingerprint density at radius 2 is 1.76 bits per heavy atom. The predicted octanol–water partition coefficient (Wildman–Crippen LogP) is 4.72. The van der Waals surface area contributed by atoms with Crippen LogP contribution in [0.1, 0.15) is 37.8 Å². The maximum absolute atomic E-state index is 13.1. The standard InChI is InChI=1S/C21H24FNOS/c1-15(2)25-19-9-3-16(4-10-19)13-20(24)23-14-21(11-12-21)17-5-7-18(22)8-6-17/h3-10,15H,11-14H2,1-2H3,(H,23,24). The molecule has 0 aliphatic heterocycles. The van der Waals surface area contributed by atoms with E-state index in [2.05, 4.69) is 31.3 Å². The lowest BCUT2D eigenvalue weighted by molar-refractivity contribution is -0.120. The number of carbonyl (C=O) groups excluding carboxylic acids is 1. The highest BCUT2D eigenvalue weighted by Gasteiger charge is 2.44. The van der Waals surface area contributed by atoms with Crippen LogP contribution in [-0.4, -0.2) is 17.7 Å². The molecule has 0 unspecified atom stereocenters. The fourth-order valence-corrected chi connectivity index (χ4v) is 3.83. The molecular formula is C21H24FNOS. The Hall–Kier alpha value is -1.81. The van der Waals surface area contributed by atoms with E-state index < -0.39 is 0 Å². The van der Waals surface area contributed by atoms with Crippen molar-refractivity contribution in [2.24, 2.45) is 0 Å². The molecule has 0 bridgehead atoms. The average Bonchev–Trinajstić information content (AvgIpc) is 3.36. The third-order valence-electron chi connectivity index (χ3n) is 4.59. The van der Waals surface area contributed by atoms with Crippen molar-refractivity contribution in [1.29, 1.82) is 0 Å². The second kappa shape index (κ2) is 7.61. The molecule has 0 radical (unpaired) electrons. The fourth-order valence-electron chi connectivity index (χ4n) is 3.00. The van der Waals surface area contributed by atoms with E-state index in [1.807, 2.05) is 36.0 Å². The first-order chi connectivity index (χ1) is 12.0. The number of carbonyl (C=O) groups is 1. The lowest BCUT2D eigenvalue weighted by Gasteiger charge is -2.16. The molecule has 4 heteroatoms. The van der Waals surface area contributed by atoms with Crippen LogP contribution in [0.25, 0.3) is 0 Å². The Morgan fingerprint density at radius 3 is 2.32 bits per heavy atom. The molecule has 1 aliphatic carbocycles. The Morgan fingerprint density at radius 1 is 1.12 bits per heavy atom. The molecule has 0 heterocycles. The lowest BCUT2D eigenvalue weighted by atomic mass is 9.96. The maximum Gasteiger partial charge on any atom is 0.224 e. The van der Waals surface area contributed by atoms with Crippen LogP contribution in [0.3, 0.4) is 0 Å². The van der Waals surface area contributed by atoms with Gasteiger partial charge in [0.2, 0.25) is 5.91 Å². The smallest absolute Gasteiger partial charge is 0.224 e. The van der Waals surface area contributed by atoms with Crippen LogP contribution < -0.4 is 5.32 Å². The van der Waals surface area contributed by atoms with E-state index in [0.29, 0.717) is 18.2 Å². The van der Waals surface area contributed by atoms with Crippen LogP contribution in [0.5, 0.6) is 0 Å². The van der Waals surface area contributed by atoms with Gasteiger partial charge in [0.1, 0.15) is 5.82 Å². The number of halogens is 1. The Labute approximate surface area is 153 Å². The second-order valence-corrected chi connectivity index (χ2v) is 8.70. The van der Waals surface area contributed by atoms with Crippen molar-refractivity contribution in [2.45, 2.75) is 48.7 Å². The van der Waals surface area contributed by atoms with Crippen molar-refractivity contribution in [2.75, 3.05) is 6.54 Å². The zero-order chi connectivity index (χ0) is 17.9. The molecular weight excluding hydrogens is 333 g/mol. The molecule has 1 saturated carbocycles. The minimum absolute atomic E-state index is 0.00111. The van der Waals surface area contributed by atoms with Gasteiger partial charge in [0.05, 0.1) is 6.42 Å². The van der Waals surface area contributed by atoms with Gasteiger partial charge in [0.25, 0.3) is 0 Å². The van der Waals surface area contributed by atoms with Gasteiger partial charge in [-0.05, 0) is 48.2 Å². The first kappa shape index (κ1) is 18.0. The van der Waals surface area contributed by atoms with E-state index >= 15 is 0 Å². The number of benzene rings is 2. The van der Waals surface area contributed by atoms with Gasteiger partial charge in [-0.2, -0.15) is 0 Å². The third kappa shape index (κ3) is 4.85. The molecule has 2 nitrogen and oxygen atoms in total. The highest BCUT2D eigenvalue weighted by Crippen LogP contribution is 2.47. The summed E-state index contributed by atoms with van der Waals surface area (Å²) in [5.41, 5.74) is 2.14. The molecule has 2 aromatic rings. The van der Waals surface area contributed by atoms with Gasteiger partial charge in [0.15, 0.2) is 0 Å². The van der Waals surface area contributed by atoms with Crippen LogP contribution in [0.15, 0.2) is 53.4 Å². The van der Waals surface area contributed by atoms with Crippen molar-refractivity contribution in [3.05, 3.63) is 65.5 Å². The van der Waals surface area contributed by atoms with Crippen molar-refractivity contribution in [3.63, 3.8) is 0 Å². The van der Waals surface area contributed by atoms with Crippen molar-refractivity contribution in [3.8, 4) is 0 Å². The number of nitrogens with one attached hydrogen (secondary N) is 1. The van der Waals surface area contributed by atoms with E-state index in [1.54, 1.807) is 0 Å². The molecule has 132 valence electrons. The number of amides is 1. The van der Waals surface area contributed by atoms with Gasteiger partial charge in [-0.3, -0.25) is 4.79 Å². The van der Waals surface area contributed by atoms with Crippen LogP contribution in [0.4, 0.5) is 4.39 Å². The number of thioether (sulfide) groups is 1. The van der Waals surface area contributed by atoms with Gasteiger partial charge < -0.3 is 5.32 Å². The molecule has 1 fully saturated rings. The summed E-state index contributed by atoms with van der Waals surface area (Å²) in [7, 11) is 0. The molecule has 1 aliphatic rings. The fraction of sp³-hybridized carbons (Fsp3) is 0.381. The molecule has 2 aromatic carbocycles. The number of rotatable bonds is 7. The monoisotopic (exact) mass is 357 g/mol. The molecule has 0 aromatic heterocycles.